The molecule has 6 nitrogen and oxygen atoms in total. The Morgan fingerprint density at radius 3 is 2.14 bits per heavy atom. The summed E-state index contributed by atoms with van der Waals surface area (Å²) in [6, 6.07) is 25.6. The van der Waals surface area contributed by atoms with Gasteiger partial charge in [0.15, 0.2) is 5.13 Å². The van der Waals surface area contributed by atoms with Crippen molar-refractivity contribution in [3.05, 3.63) is 96.1 Å². The lowest BCUT2D eigenvalue weighted by Gasteiger charge is -2.09. The van der Waals surface area contributed by atoms with Crippen molar-refractivity contribution in [3.63, 3.8) is 0 Å². The molecule has 0 aliphatic heterocycles. The van der Waals surface area contributed by atoms with Crippen LogP contribution in [0.5, 0.6) is 0 Å². The number of halogens is 1. The van der Waals surface area contributed by atoms with Crippen LogP contribution in [0.2, 0.25) is 0 Å². The van der Waals surface area contributed by atoms with Crippen LogP contribution in [-0.2, 0) is 4.79 Å². The number of hydrogen-bond acceptors (Lipinski definition) is 7. The van der Waals surface area contributed by atoms with E-state index in [2.05, 4.69) is 20.5 Å². The number of carbonyl (C=O) groups excluding carboxylic acids is 1. The molecule has 0 aliphatic carbocycles. The minimum atomic E-state index is -0.307. The number of hydrogen-bond donors (Lipinski definition) is 1. The van der Waals surface area contributed by atoms with Gasteiger partial charge in [-0.1, -0.05) is 72.4 Å². The van der Waals surface area contributed by atoms with Gasteiger partial charge in [-0.25, -0.2) is 14.4 Å². The number of anilines is 1. The molecule has 0 spiro atoms. The largest absolute Gasteiger partial charge is 0.301 e. The summed E-state index contributed by atoms with van der Waals surface area (Å²) in [6.07, 6.45) is 0. The summed E-state index contributed by atoms with van der Waals surface area (Å²) in [4.78, 5) is 21.7. The fraction of sp³-hybridized carbons (Fsp3) is 0.0385. The third kappa shape index (κ3) is 5.59. The number of carbonyl (C=O) groups is 1. The van der Waals surface area contributed by atoms with Gasteiger partial charge in [-0.05, 0) is 24.3 Å². The van der Waals surface area contributed by atoms with Gasteiger partial charge in [0, 0.05) is 22.1 Å². The first-order valence-electron chi connectivity index (χ1n) is 10.7. The van der Waals surface area contributed by atoms with E-state index in [-0.39, 0.29) is 17.5 Å². The van der Waals surface area contributed by atoms with Crippen LogP contribution in [0.15, 0.2) is 95.5 Å². The van der Waals surface area contributed by atoms with Crippen molar-refractivity contribution in [3.8, 4) is 33.8 Å². The van der Waals surface area contributed by atoms with Gasteiger partial charge in [0.25, 0.3) is 0 Å². The van der Waals surface area contributed by atoms with Crippen molar-refractivity contribution in [1.29, 1.82) is 0 Å². The molecular formula is C26H18FN5OS2. The summed E-state index contributed by atoms with van der Waals surface area (Å²) < 4.78 is 13.1. The standard InChI is InChI=1S/C26H18FN5OS2/c27-20-13-11-17(12-14-20)21-15-34-25(28-21)29-22(33)16-35-26-30-23(18-7-3-1-4-8-18)24(31-32-26)19-9-5-2-6-10-19/h1-15H,16H2,(H,28,29,33). The first-order valence-corrected chi connectivity index (χ1v) is 12.5. The average molecular weight is 500 g/mol. The molecule has 3 aromatic carbocycles. The molecule has 0 saturated carbocycles. The molecule has 172 valence electrons. The van der Waals surface area contributed by atoms with Gasteiger partial charge < -0.3 is 5.32 Å². The summed E-state index contributed by atoms with van der Waals surface area (Å²) in [7, 11) is 0. The number of rotatable bonds is 7. The zero-order valence-electron chi connectivity index (χ0n) is 18.3. The van der Waals surface area contributed by atoms with Crippen molar-refractivity contribution in [1.82, 2.24) is 20.2 Å². The first kappa shape index (κ1) is 22.8. The van der Waals surface area contributed by atoms with Gasteiger partial charge in [-0.2, -0.15) is 0 Å². The van der Waals surface area contributed by atoms with Crippen molar-refractivity contribution >= 4 is 34.1 Å². The summed E-state index contributed by atoms with van der Waals surface area (Å²) in [5, 5.41) is 14.2. The highest BCUT2D eigenvalue weighted by Gasteiger charge is 2.15. The Kier molecular flexibility index (Phi) is 6.87. The van der Waals surface area contributed by atoms with Crippen LogP contribution in [-0.4, -0.2) is 31.8 Å². The van der Waals surface area contributed by atoms with Gasteiger partial charge in [-0.15, -0.1) is 21.5 Å². The molecule has 0 atom stereocenters. The number of nitrogens with one attached hydrogen (secondary N) is 1. The van der Waals surface area contributed by atoms with E-state index in [1.165, 1.54) is 35.2 Å². The van der Waals surface area contributed by atoms with E-state index in [4.69, 9.17) is 4.98 Å². The van der Waals surface area contributed by atoms with Gasteiger partial charge in [0.2, 0.25) is 11.1 Å². The zero-order valence-corrected chi connectivity index (χ0v) is 19.9. The highest BCUT2D eigenvalue weighted by Crippen LogP contribution is 2.30. The maximum Gasteiger partial charge on any atom is 0.236 e. The molecular weight excluding hydrogens is 481 g/mol. The predicted molar refractivity (Wildman–Crippen MR) is 138 cm³/mol. The number of nitrogens with zero attached hydrogens (tertiary/aromatic N) is 4. The van der Waals surface area contributed by atoms with E-state index in [1.807, 2.05) is 66.0 Å². The van der Waals surface area contributed by atoms with Crippen molar-refractivity contribution in [2.24, 2.45) is 0 Å². The molecule has 35 heavy (non-hydrogen) atoms. The smallest absolute Gasteiger partial charge is 0.236 e. The van der Waals surface area contributed by atoms with Gasteiger partial charge in [-0.3, -0.25) is 4.79 Å². The van der Waals surface area contributed by atoms with E-state index in [0.29, 0.717) is 27.4 Å². The Bertz CT molecular complexity index is 1440. The van der Waals surface area contributed by atoms with Crippen LogP contribution in [0, 0.1) is 5.82 Å². The molecule has 0 fully saturated rings. The van der Waals surface area contributed by atoms with Crippen LogP contribution in [0.3, 0.4) is 0 Å². The third-order valence-corrected chi connectivity index (χ3v) is 6.58. The summed E-state index contributed by atoms with van der Waals surface area (Å²) in [5.41, 5.74) is 4.68. The summed E-state index contributed by atoms with van der Waals surface area (Å²) >= 11 is 2.51. The van der Waals surface area contributed by atoms with Gasteiger partial charge in [0.1, 0.15) is 17.2 Å². The lowest BCUT2D eigenvalue weighted by Crippen LogP contribution is -2.14. The monoisotopic (exact) mass is 499 g/mol. The molecule has 0 aliphatic rings. The molecule has 5 aromatic rings. The number of thiazole rings is 1. The number of thioether (sulfide) groups is 1. The molecule has 2 heterocycles. The Hall–Kier alpha value is -3.95. The topological polar surface area (TPSA) is 80.7 Å². The second-order valence-corrected chi connectivity index (χ2v) is 9.21. The second kappa shape index (κ2) is 10.5. The molecule has 0 bridgehead atoms. The Morgan fingerprint density at radius 1 is 0.800 bits per heavy atom. The van der Waals surface area contributed by atoms with E-state index in [1.54, 1.807) is 12.1 Å². The Labute approximate surface area is 209 Å². The maximum atomic E-state index is 13.1. The Morgan fingerprint density at radius 2 is 1.46 bits per heavy atom. The van der Waals surface area contributed by atoms with Crippen LogP contribution in [0.4, 0.5) is 9.52 Å². The van der Waals surface area contributed by atoms with Crippen LogP contribution in [0.1, 0.15) is 0 Å². The van der Waals surface area contributed by atoms with Gasteiger partial charge >= 0.3 is 0 Å². The lowest BCUT2D eigenvalue weighted by molar-refractivity contribution is -0.113. The molecule has 0 saturated heterocycles. The lowest BCUT2D eigenvalue weighted by atomic mass is 10.0. The molecule has 1 N–H and O–H groups in total. The summed E-state index contributed by atoms with van der Waals surface area (Å²) in [5.74, 6) is -0.433. The number of benzene rings is 3. The van der Waals surface area contributed by atoms with Crippen molar-refractivity contribution in [2.45, 2.75) is 5.16 Å². The van der Waals surface area contributed by atoms with E-state index < -0.39 is 0 Å². The van der Waals surface area contributed by atoms with Crippen molar-refractivity contribution < 1.29 is 9.18 Å². The molecule has 1 amide bonds. The van der Waals surface area contributed by atoms with Crippen LogP contribution < -0.4 is 5.32 Å². The number of aromatic nitrogens is 4. The summed E-state index contributed by atoms with van der Waals surface area (Å²) in [6.45, 7) is 0. The van der Waals surface area contributed by atoms with E-state index in [9.17, 15) is 9.18 Å². The average Bonchev–Trinajstić information content (AvgIpc) is 3.37. The Balaban J connectivity index is 1.29. The van der Waals surface area contributed by atoms with E-state index in [0.717, 1.165) is 16.7 Å². The van der Waals surface area contributed by atoms with Crippen LogP contribution >= 0.6 is 23.1 Å². The first-order chi connectivity index (χ1) is 17.2. The van der Waals surface area contributed by atoms with E-state index >= 15 is 0 Å². The second-order valence-electron chi connectivity index (χ2n) is 7.41. The SMILES string of the molecule is O=C(CSc1nnc(-c2ccccc2)c(-c2ccccc2)n1)Nc1nc(-c2ccc(F)cc2)cs1. The predicted octanol–water partition coefficient (Wildman–Crippen LogP) is 6.20. The fourth-order valence-corrected chi connectivity index (χ4v) is 4.65. The minimum absolute atomic E-state index is 0.103. The molecule has 9 heteroatoms. The normalized spacial score (nSPS) is 10.8. The minimum Gasteiger partial charge on any atom is -0.301 e. The highest BCUT2D eigenvalue weighted by molar-refractivity contribution is 7.99. The molecule has 0 radical (unpaired) electrons. The van der Waals surface area contributed by atoms with Gasteiger partial charge in [0.05, 0.1) is 11.4 Å². The van der Waals surface area contributed by atoms with Crippen molar-refractivity contribution in [2.75, 3.05) is 11.1 Å². The quantitative estimate of drug-likeness (QED) is 0.269. The maximum absolute atomic E-state index is 13.1. The number of amides is 1. The molecule has 5 rings (SSSR count). The third-order valence-electron chi connectivity index (χ3n) is 4.98. The highest BCUT2D eigenvalue weighted by atomic mass is 32.2. The fourth-order valence-electron chi connectivity index (χ4n) is 3.33. The molecule has 0 unspecified atom stereocenters. The molecule has 2 aromatic heterocycles. The van der Waals surface area contributed by atoms with Crippen LogP contribution in [0.25, 0.3) is 33.8 Å². The zero-order chi connectivity index (χ0) is 24.0.